The zero-order valence-electron chi connectivity index (χ0n) is 12.7. The van der Waals surface area contributed by atoms with E-state index in [-0.39, 0.29) is 0 Å². The van der Waals surface area contributed by atoms with Gasteiger partial charge in [-0.2, -0.15) is 10.1 Å². The van der Waals surface area contributed by atoms with Crippen LogP contribution in [-0.2, 0) is 12.8 Å². The molecule has 5 heteroatoms. The molecule has 0 N–H and O–H groups in total. The minimum Gasteiger partial charge on any atom is -0.463 e. The van der Waals surface area contributed by atoms with Crippen LogP contribution in [0.15, 0.2) is 52.2 Å². The first kappa shape index (κ1) is 13.2. The highest BCUT2D eigenvalue weighted by molar-refractivity contribution is 6.26. The van der Waals surface area contributed by atoms with Crippen molar-refractivity contribution in [2.75, 3.05) is 0 Å². The molecule has 5 nitrogen and oxygen atoms in total. The standard InChI is InChI=1S/C19H12N2O3/c22-18-14-7-5-11-3-4-12-6-8-15(17(14)16(11)12)19(23)21(18)20-10-13-2-1-9-24-13/h1-2,5-10H,3-4H2. The van der Waals surface area contributed by atoms with Crippen molar-refractivity contribution < 1.29 is 14.0 Å². The molecule has 2 aromatic carbocycles. The van der Waals surface area contributed by atoms with E-state index >= 15 is 0 Å². The second kappa shape index (κ2) is 4.64. The third-order valence-corrected chi connectivity index (χ3v) is 4.69. The molecule has 0 atom stereocenters. The minimum absolute atomic E-state index is 0.397. The number of hydrogen-bond donors (Lipinski definition) is 0. The van der Waals surface area contributed by atoms with Gasteiger partial charge in [0.15, 0.2) is 0 Å². The van der Waals surface area contributed by atoms with Gasteiger partial charge < -0.3 is 4.42 Å². The first-order valence-electron chi connectivity index (χ1n) is 7.78. The molecule has 0 unspecified atom stereocenters. The lowest BCUT2D eigenvalue weighted by Gasteiger charge is -2.23. The topological polar surface area (TPSA) is 62.9 Å². The van der Waals surface area contributed by atoms with Crippen LogP contribution in [0.3, 0.4) is 0 Å². The van der Waals surface area contributed by atoms with Gasteiger partial charge in [0.1, 0.15) is 5.76 Å². The molecule has 0 bridgehead atoms. The molecule has 2 aliphatic rings. The van der Waals surface area contributed by atoms with E-state index in [0.717, 1.165) is 28.6 Å². The van der Waals surface area contributed by atoms with E-state index in [1.165, 1.54) is 23.6 Å². The molecule has 0 saturated heterocycles. The second-order valence-electron chi connectivity index (χ2n) is 5.98. The first-order chi connectivity index (χ1) is 11.7. The second-order valence-corrected chi connectivity index (χ2v) is 5.98. The lowest BCUT2D eigenvalue weighted by molar-refractivity contribution is 0.0616. The fourth-order valence-electron chi connectivity index (χ4n) is 3.59. The van der Waals surface area contributed by atoms with Gasteiger partial charge in [-0.1, -0.05) is 12.1 Å². The van der Waals surface area contributed by atoms with Gasteiger partial charge in [0.25, 0.3) is 11.8 Å². The van der Waals surface area contributed by atoms with Crippen LogP contribution in [0.5, 0.6) is 0 Å². The Morgan fingerprint density at radius 1 is 0.917 bits per heavy atom. The van der Waals surface area contributed by atoms with Crippen molar-refractivity contribution in [3.8, 4) is 0 Å². The Morgan fingerprint density at radius 3 is 2.17 bits per heavy atom. The number of hydrazone groups is 1. The predicted octanol–water partition coefficient (Wildman–Crippen LogP) is 3.16. The molecule has 5 rings (SSSR count). The molecular weight excluding hydrogens is 304 g/mol. The Labute approximate surface area is 137 Å². The predicted molar refractivity (Wildman–Crippen MR) is 88.2 cm³/mol. The molecule has 2 heterocycles. The Bertz CT molecular complexity index is 989. The highest BCUT2D eigenvalue weighted by atomic mass is 16.3. The lowest BCUT2D eigenvalue weighted by Crippen LogP contribution is -2.36. The normalized spacial score (nSPS) is 15.9. The Balaban J connectivity index is 1.69. The Kier molecular flexibility index (Phi) is 2.56. The molecule has 3 aromatic rings. The van der Waals surface area contributed by atoms with Crippen molar-refractivity contribution >= 4 is 28.8 Å². The van der Waals surface area contributed by atoms with Crippen LogP contribution >= 0.6 is 0 Å². The van der Waals surface area contributed by atoms with E-state index in [1.807, 2.05) is 12.1 Å². The lowest BCUT2D eigenvalue weighted by atomic mass is 9.92. The summed E-state index contributed by atoms with van der Waals surface area (Å²) in [6.45, 7) is 0. The zero-order chi connectivity index (χ0) is 16.3. The third kappa shape index (κ3) is 1.66. The minimum atomic E-state index is -0.397. The average Bonchev–Trinajstić information content (AvgIpc) is 3.25. The fourth-order valence-corrected chi connectivity index (χ4v) is 3.59. The molecule has 24 heavy (non-hydrogen) atoms. The van der Waals surface area contributed by atoms with Gasteiger partial charge in [0, 0.05) is 5.39 Å². The molecular formula is C19H12N2O3. The number of rotatable bonds is 2. The number of benzene rings is 2. The number of furan rings is 1. The van der Waals surface area contributed by atoms with Gasteiger partial charge >= 0.3 is 0 Å². The smallest absolute Gasteiger partial charge is 0.282 e. The van der Waals surface area contributed by atoms with Crippen molar-refractivity contribution in [1.29, 1.82) is 0 Å². The molecule has 1 aromatic heterocycles. The quantitative estimate of drug-likeness (QED) is 0.539. The first-order valence-corrected chi connectivity index (χ1v) is 7.78. The van der Waals surface area contributed by atoms with E-state index in [9.17, 15) is 9.59 Å². The summed E-state index contributed by atoms with van der Waals surface area (Å²) in [6.07, 6.45) is 4.80. The van der Waals surface area contributed by atoms with Gasteiger partial charge in [-0.05, 0) is 53.6 Å². The van der Waals surface area contributed by atoms with Crippen molar-refractivity contribution in [1.82, 2.24) is 5.01 Å². The number of carbonyl (C=O) groups excluding carboxylic acids is 2. The van der Waals surface area contributed by atoms with Crippen molar-refractivity contribution in [2.45, 2.75) is 12.8 Å². The monoisotopic (exact) mass is 316 g/mol. The summed E-state index contributed by atoms with van der Waals surface area (Å²) in [5, 5.41) is 6.81. The maximum absolute atomic E-state index is 12.8. The van der Waals surface area contributed by atoms with Crippen LogP contribution in [0.1, 0.15) is 37.6 Å². The maximum atomic E-state index is 12.8. The van der Waals surface area contributed by atoms with Crippen LogP contribution in [0.25, 0.3) is 10.8 Å². The van der Waals surface area contributed by atoms with E-state index in [2.05, 4.69) is 5.10 Å². The number of nitrogens with zero attached hydrogens (tertiary/aromatic N) is 2. The van der Waals surface area contributed by atoms with Crippen molar-refractivity contribution in [3.63, 3.8) is 0 Å². The van der Waals surface area contributed by atoms with Crippen LogP contribution in [0, 0.1) is 0 Å². The van der Waals surface area contributed by atoms with Crippen molar-refractivity contribution in [2.24, 2.45) is 5.10 Å². The van der Waals surface area contributed by atoms with Crippen LogP contribution in [0.2, 0.25) is 0 Å². The Morgan fingerprint density at radius 2 is 1.58 bits per heavy atom. The third-order valence-electron chi connectivity index (χ3n) is 4.69. The molecule has 116 valence electrons. The highest BCUT2D eigenvalue weighted by Gasteiger charge is 2.35. The number of carbonyl (C=O) groups is 2. The molecule has 1 aliphatic carbocycles. The summed E-state index contributed by atoms with van der Waals surface area (Å²) in [6, 6.07) is 11.0. The largest absolute Gasteiger partial charge is 0.463 e. The SMILES string of the molecule is O=C1c2ccc3c4c(ccc(c24)C(=O)N1N=Cc1ccco1)CC3. The number of aryl methyl sites for hydroxylation is 2. The van der Waals surface area contributed by atoms with Crippen LogP contribution < -0.4 is 0 Å². The summed E-state index contributed by atoms with van der Waals surface area (Å²) in [4.78, 5) is 25.6. The van der Waals surface area contributed by atoms with E-state index in [0.29, 0.717) is 16.9 Å². The van der Waals surface area contributed by atoms with Gasteiger partial charge in [-0.15, -0.1) is 0 Å². The number of hydrogen-bond acceptors (Lipinski definition) is 4. The molecule has 0 spiro atoms. The van der Waals surface area contributed by atoms with Crippen LogP contribution in [-0.4, -0.2) is 23.0 Å². The summed E-state index contributed by atoms with van der Waals surface area (Å²) >= 11 is 0. The molecule has 0 fully saturated rings. The Hall–Kier alpha value is -3.21. The number of imide groups is 1. The maximum Gasteiger partial charge on any atom is 0.282 e. The van der Waals surface area contributed by atoms with Gasteiger partial charge in [-0.25, -0.2) is 0 Å². The summed E-state index contributed by atoms with van der Waals surface area (Å²) in [7, 11) is 0. The number of amides is 2. The molecule has 0 saturated carbocycles. The van der Waals surface area contributed by atoms with E-state index in [4.69, 9.17) is 4.42 Å². The summed E-state index contributed by atoms with van der Waals surface area (Å²) in [5.74, 6) is -0.313. The molecule has 0 radical (unpaired) electrons. The highest BCUT2D eigenvalue weighted by Crippen LogP contribution is 2.38. The molecule has 2 amide bonds. The van der Waals surface area contributed by atoms with E-state index < -0.39 is 11.8 Å². The zero-order valence-corrected chi connectivity index (χ0v) is 12.7. The van der Waals surface area contributed by atoms with Gasteiger partial charge in [0.05, 0.1) is 23.6 Å². The summed E-state index contributed by atoms with van der Waals surface area (Å²) in [5.41, 5.74) is 3.48. The summed E-state index contributed by atoms with van der Waals surface area (Å²) < 4.78 is 5.16. The van der Waals surface area contributed by atoms with Gasteiger partial charge in [0.2, 0.25) is 0 Å². The van der Waals surface area contributed by atoms with Gasteiger partial charge in [-0.3, -0.25) is 9.59 Å². The van der Waals surface area contributed by atoms with Crippen LogP contribution in [0.4, 0.5) is 0 Å². The molecule has 1 aliphatic heterocycles. The van der Waals surface area contributed by atoms with E-state index in [1.54, 1.807) is 24.3 Å². The van der Waals surface area contributed by atoms with Crippen molar-refractivity contribution in [3.05, 3.63) is 70.7 Å². The average molecular weight is 316 g/mol. The fraction of sp³-hybridized carbons (Fsp3) is 0.105.